The Morgan fingerprint density at radius 1 is 1.38 bits per heavy atom. The zero-order valence-electron chi connectivity index (χ0n) is 13.0. The molecule has 2 rings (SSSR count). The molecule has 1 fully saturated rings. The van der Waals surface area contributed by atoms with Gasteiger partial charge in [-0.2, -0.15) is 0 Å². The Bertz CT molecular complexity index is 427. The third kappa shape index (κ3) is 5.12. The number of piperidine rings is 1. The fourth-order valence-electron chi connectivity index (χ4n) is 2.80. The van der Waals surface area contributed by atoms with E-state index in [1.807, 2.05) is 29.3 Å². The molecule has 1 amide bonds. The first-order chi connectivity index (χ1) is 10.2. The summed E-state index contributed by atoms with van der Waals surface area (Å²) in [5, 5.41) is 0. The number of aryl methyl sites for hydroxylation is 1. The van der Waals surface area contributed by atoms with Crippen LogP contribution in [0.1, 0.15) is 44.7 Å². The molecule has 4 nitrogen and oxygen atoms in total. The molecule has 4 heteroatoms. The SMILES string of the molecule is CC1CCN(C(=O)[C@@H](N)CCCCc2ccccn2)CC1. The predicted molar refractivity (Wildman–Crippen MR) is 84.7 cm³/mol. The van der Waals surface area contributed by atoms with Gasteiger partial charge >= 0.3 is 0 Å². The van der Waals surface area contributed by atoms with Gasteiger partial charge < -0.3 is 10.6 Å². The highest BCUT2D eigenvalue weighted by Gasteiger charge is 2.24. The van der Waals surface area contributed by atoms with Crippen LogP contribution in [0.3, 0.4) is 0 Å². The molecule has 0 unspecified atom stereocenters. The van der Waals surface area contributed by atoms with Gasteiger partial charge in [-0.25, -0.2) is 0 Å². The van der Waals surface area contributed by atoms with Crippen molar-refractivity contribution in [3.05, 3.63) is 30.1 Å². The van der Waals surface area contributed by atoms with Crippen LogP contribution >= 0.6 is 0 Å². The highest BCUT2D eigenvalue weighted by atomic mass is 16.2. The molecule has 2 N–H and O–H groups in total. The van der Waals surface area contributed by atoms with Gasteiger partial charge in [0, 0.05) is 25.0 Å². The van der Waals surface area contributed by atoms with E-state index in [1.54, 1.807) is 0 Å². The summed E-state index contributed by atoms with van der Waals surface area (Å²) in [7, 11) is 0. The lowest BCUT2D eigenvalue weighted by atomic mass is 9.98. The molecular weight excluding hydrogens is 262 g/mol. The average Bonchev–Trinajstić information content (AvgIpc) is 2.52. The summed E-state index contributed by atoms with van der Waals surface area (Å²) in [6, 6.07) is 5.65. The first-order valence-corrected chi connectivity index (χ1v) is 8.11. The molecule has 116 valence electrons. The van der Waals surface area contributed by atoms with Gasteiger partial charge in [0.2, 0.25) is 5.91 Å². The molecule has 1 aromatic rings. The summed E-state index contributed by atoms with van der Waals surface area (Å²) in [4.78, 5) is 18.5. The predicted octanol–water partition coefficient (Wildman–Crippen LogP) is 2.38. The van der Waals surface area contributed by atoms with Crippen molar-refractivity contribution in [1.82, 2.24) is 9.88 Å². The van der Waals surface area contributed by atoms with Crippen LogP contribution < -0.4 is 5.73 Å². The monoisotopic (exact) mass is 289 g/mol. The van der Waals surface area contributed by atoms with Crippen molar-refractivity contribution in [2.75, 3.05) is 13.1 Å². The van der Waals surface area contributed by atoms with Gasteiger partial charge in [0.25, 0.3) is 0 Å². The number of carbonyl (C=O) groups is 1. The van der Waals surface area contributed by atoms with Crippen molar-refractivity contribution in [1.29, 1.82) is 0 Å². The molecule has 0 saturated carbocycles. The first-order valence-electron chi connectivity index (χ1n) is 8.11. The van der Waals surface area contributed by atoms with E-state index in [0.29, 0.717) is 0 Å². The van der Waals surface area contributed by atoms with Crippen molar-refractivity contribution in [3.63, 3.8) is 0 Å². The normalized spacial score (nSPS) is 17.7. The Hall–Kier alpha value is -1.42. The Labute approximate surface area is 127 Å². The molecule has 0 spiro atoms. The van der Waals surface area contributed by atoms with Crippen LogP contribution in [-0.4, -0.2) is 34.9 Å². The average molecular weight is 289 g/mol. The van der Waals surface area contributed by atoms with Gasteiger partial charge in [0.1, 0.15) is 0 Å². The van der Waals surface area contributed by atoms with E-state index < -0.39 is 0 Å². The van der Waals surface area contributed by atoms with Gasteiger partial charge in [-0.15, -0.1) is 0 Å². The van der Waals surface area contributed by atoms with Crippen LogP contribution in [-0.2, 0) is 11.2 Å². The van der Waals surface area contributed by atoms with Crippen LogP contribution in [0.15, 0.2) is 24.4 Å². The maximum absolute atomic E-state index is 12.3. The smallest absolute Gasteiger partial charge is 0.239 e. The molecule has 1 aliphatic rings. The van der Waals surface area contributed by atoms with E-state index in [0.717, 1.165) is 63.2 Å². The second-order valence-corrected chi connectivity index (χ2v) is 6.18. The number of unbranched alkanes of at least 4 members (excludes halogenated alkanes) is 1. The Balaban J connectivity index is 1.64. The second-order valence-electron chi connectivity index (χ2n) is 6.18. The Morgan fingerprint density at radius 2 is 2.14 bits per heavy atom. The largest absolute Gasteiger partial charge is 0.341 e. The van der Waals surface area contributed by atoms with Crippen LogP contribution in [0.25, 0.3) is 0 Å². The van der Waals surface area contributed by atoms with E-state index in [2.05, 4.69) is 11.9 Å². The molecule has 21 heavy (non-hydrogen) atoms. The lowest BCUT2D eigenvalue weighted by Gasteiger charge is -2.32. The van der Waals surface area contributed by atoms with E-state index in [1.165, 1.54) is 0 Å². The topological polar surface area (TPSA) is 59.2 Å². The molecule has 0 bridgehead atoms. The van der Waals surface area contributed by atoms with Gasteiger partial charge in [-0.3, -0.25) is 9.78 Å². The van der Waals surface area contributed by atoms with E-state index in [4.69, 9.17) is 5.73 Å². The van der Waals surface area contributed by atoms with Crippen LogP contribution in [0.4, 0.5) is 0 Å². The molecule has 0 aromatic carbocycles. The van der Waals surface area contributed by atoms with E-state index in [9.17, 15) is 4.79 Å². The molecule has 1 aliphatic heterocycles. The van der Waals surface area contributed by atoms with Gasteiger partial charge in [0.05, 0.1) is 6.04 Å². The van der Waals surface area contributed by atoms with Gasteiger partial charge in [-0.1, -0.05) is 19.4 Å². The summed E-state index contributed by atoms with van der Waals surface area (Å²) in [5.74, 6) is 0.878. The molecular formula is C17H27N3O. The quantitative estimate of drug-likeness (QED) is 0.818. The highest BCUT2D eigenvalue weighted by Crippen LogP contribution is 2.17. The van der Waals surface area contributed by atoms with Crippen LogP contribution in [0.2, 0.25) is 0 Å². The van der Waals surface area contributed by atoms with Crippen molar-refractivity contribution in [2.45, 2.75) is 51.5 Å². The third-order valence-electron chi connectivity index (χ3n) is 4.34. The van der Waals surface area contributed by atoms with Crippen molar-refractivity contribution < 1.29 is 4.79 Å². The van der Waals surface area contributed by atoms with E-state index >= 15 is 0 Å². The fraction of sp³-hybridized carbons (Fsp3) is 0.647. The molecule has 1 atom stereocenters. The fourth-order valence-corrected chi connectivity index (χ4v) is 2.80. The Morgan fingerprint density at radius 3 is 2.81 bits per heavy atom. The summed E-state index contributed by atoms with van der Waals surface area (Å²) in [6.45, 7) is 4.00. The lowest BCUT2D eigenvalue weighted by molar-refractivity contribution is -0.134. The number of pyridine rings is 1. The minimum atomic E-state index is -0.331. The molecule has 0 radical (unpaired) electrons. The number of nitrogens with zero attached hydrogens (tertiary/aromatic N) is 2. The molecule has 1 saturated heterocycles. The highest BCUT2D eigenvalue weighted by molar-refractivity contribution is 5.81. The first kappa shape index (κ1) is 16.0. The van der Waals surface area contributed by atoms with Crippen LogP contribution in [0.5, 0.6) is 0 Å². The van der Waals surface area contributed by atoms with Crippen molar-refractivity contribution in [3.8, 4) is 0 Å². The maximum atomic E-state index is 12.3. The van der Waals surface area contributed by atoms with Crippen molar-refractivity contribution >= 4 is 5.91 Å². The minimum Gasteiger partial charge on any atom is -0.341 e. The van der Waals surface area contributed by atoms with E-state index in [-0.39, 0.29) is 11.9 Å². The standard InChI is InChI=1S/C17H27N3O/c1-14-9-12-20(13-10-14)17(21)16(18)8-3-2-6-15-7-4-5-11-19-15/h4-5,7,11,14,16H,2-3,6,8-10,12-13,18H2,1H3/t16-/m0/s1. The van der Waals surface area contributed by atoms with Gasteiger partial charge in [-0.05, 0) is 50.2 Å². The number of hydrogen-bond donors (Lipinski definition) is 1. The van der Waals surface area contributed by atoms with Crippen LogP contribution in [0, 0.1) is 5.92 Å². The van der Waals surface area contributed by atoms with Gasteiger partial charge in [0.15, 0.2) is 0 Å². The van der Waals surface area contributed by atoms with Crippen molar-refractivity contribution in [2.24, 2.45) is 11.7 Å². The summed E-state index contributed by atoms with van der Waals surface area (Å²) < 4.78 is 0. The molecule has 1 aromatic heterocycles. The number of aromatic nitrogens is 1. The number of likely N-dealkylation sites (tertiary alicyclic amines) is 1. The summed E-state index contributed by atoms with van der Waals surface area (Å²) >= 11 is 0. The maximum Gasteiger partial charge on any atom is 0.239 e. The zero-order chi connectivity index (χ0) is 15.1. The number of nitrogens with two attached hydrogens (primary N) is 1. The lowest BCUT2D eigenvalue weighted by Crippen LogP contribution is -2.46. The number of hydrogen-bond acceptors (Lipinski definition) is 3. The summed E-state index contributed by atoms with van der Waals surface area (Å²) in [6.07, 6.45) is 7.79. The molecule has 0 aliphatic carbocycles. The second kappa shape index (κ2) is 8.13. The number of rotatable bonds is 6. The number of carbonyl (C=O) groups excluding carboxylic acids is 1. The zero-order valence-corrected chi connectivity index (χ0v) is 13.0. The number of amides is 1. The summed E-state index contributed by atoms with van der Waals surface area (Å²) in [5.41, 5.74) is 7.17. The molecule has 2 heterocycles. The minimum absolute atomic E-state index is 0.139. The third-order valence-corrected chi connectivity index (χ3v) is 4.34. The Kier molecular flexibility index (Phi) is 6.18.